The first-order valence-electron chi connectivity index (χ1n) is 10.7. The molecule has 170 valence electrons. The molecule has 2 aromatic rings. The van der Waals surface area contributed by atoms with Gasteiger partial charge >= 0.3 is 0 Å². The summed E-state index contributed by atoms with van der Waals surface area (Å²) in [5.41, 5.74) is 0. The molecule has 1 saturated heterocycles. The average Bonchev–Trinajstić information content (AvgIpc) is 3.25. The van der Waals surface area contributed by atoms with Crippen molar-refractivity contribution < 1.29 is 4.74 Å². The summed E-state index contributed by atoms with van der Waals surface area (Å²) in [6, 6.07) is 9.99. The van der Waals surface area contributed by atoms with E-state index in [4.69, 9.17) is 9.73 Å². The van der Waals surface area contributed by atoms with E-state index in [9.17, 15) is 0 Å². The third kappa shape index (κ3) is 8.13. The molecule has 8 nitrogen and oxygen atoms in total. The molecule has 0 amide bonds. The van der Waals surface area contributed by atoms with Crippen LogP contribution in [0.25, 0.3) is 0 Å². The maximum absolute atomic E-state index is 5.83. The number of piperazine rings is 1. The lowest BCUT2D eigenvalue weighted by atomic mass is 10.3. The van der Waals surface area contributed by atoms with Crippen LogP contribution in [0.5, 0.6) is 5.75 Å². The summed E-state index contributed by atoms with van der Waals surface area (Å²) >= 11 is 0. The Kier molecular flexibility index (Phi) is 11.4. The average molecular weight is 539 g/mol. The molecule has 0 spiro atoms. The number of ether oxygens (including phenoxy) is 1. The Bertz CT molecular complexity index is 788. The molecule has 31 heavy (non-hydrogen) atoms. The summed E-state index contributed by atoms with van der Waals surface area (Å²) in [5.74, 6) is 2.87. The molecular formula is C22H34IN7O. The van der Waals surface area contributed by atoms with Gasteiger partial charge in [-0.05, 0) is 12.1 Å². The number of nitrogens with zero attached hydrogens (tertiary/aromatic N) is 6. The fourth-order valence-corrected chi connectivity index (χ4v) is 3.43. The highest BCUT2D eigenvalue weighted by Crippen LogP contribution is 2.09. The normalized spacial score (nSPS) is 14.7. The number of aryl methyl sites for hydroxylation is 1. The summed E-state index contributed by atoms with van der Waals surface area (Å²) in [7, 11) is 0. The molecule has 0 radical (unpaired) electrons. The minimum atomic E-state index is 0. The number of aliphatic imine (C=N–C) groups is 1. The van der Waals surface area contributed by atoms with E-state index < -0.39 is 0 Å². The molecule has 1 N–H and O–H groups in total. The molecule has 1 aromatic carbocycles. The third-order valence-electron chi connectivity index (χ3n) is 5.11. The van der Waals surface area contributed by atoms with Crippen molar-refractivity contribution in [2.24, 2.45) is 4.99 Å². The van der Waals surface area contributed by atoms with Crippen LogP contribution < -0.4 is 10.1 Å². The van der Waals surface area contributed by atoms with Gasteiger partial charge in [0.25, 0.3) is 0 Å². The Labute approximate surface area is 202 Å². The van der Waals surface area contributed by atoms with Crippen molar-refractivity contribution >= 4 is 29.9 Å². The molecule has 1 fully saturated rings. The Hall–Kier alpha value is -2.14. The maximum atomic E-state index is 5.83. The summed E-state index contributed by atoms with van der Waals surface area (Å²) in [4.78, 5) is 9.59. The fourth-order valence-electron chi connectivity index (χ4n) is 3.43. The van der Waals surface area contributed by atoms with Crippen molar-refractivity contribution in [3.63, 3.8) is 0 Å². The Morgan fingerprint density at radius 1 is 1.19 bits per heavy atom. The number of nitrogens with one attached hydrogen (secondary N) is 1. The molecule has 0 saturated carbocycles. The highest BCUT2D eigenvalue weighted by atomic mass is 127. The molecule has 0 unspecified atom stereocenters. The van der Waals surface area contributed by atoms with Crippen LogP contribution in [0.2, 0.25) is 0 Å². The van der Waals surface area contributed by atoms with E-state index in [1.807, 2.05) is 36.4 Å². The molecule has 0 atom stereocenters. The van der Waals surface area contributed by atoms with Crippen molar-refractivity contribution in [3.8, 4) is 5.75 Å². The first-order valence-corrected chi connectivity index (χ1v) is 10.7. The number of rotatable bonds is 10. The lowest BCUT2D eigenvalue weighted by molar-refractivity contribution is 0.152. The summed E-state index contributed by atoms with van der Waals surface area (Å²) < 4.78 is 7.90. The monoisotopic (exact) mass is 539 g/mol. The van der Waals surface area contributed by atoms with Crippen LogP contribution in [-0.4, -0.2) is 82.9 Å². The lowest BCUT2D eigenvalue weighted by Gasteiger charge is -2.36. The van der Waals surface area contributed by atoms with Crippen molar-refractivity contribution in [3.05, 3.63) is 55.1 Å². The van der Waals surface area contributed by atoms with Gasteiger partial charge in [-0.3, -0.25) is 9.89 Å². The van der Waals surface area contributed by atoms with E-state index in [1.54, 1.807) is 6.33 Å². The second-order valence-electron chi connectivity index (χ2n) is 7.16. The van der Waals surface area contributed by atoms with E-state index >= 15 is 0 Å². The van der Waals surface area contributed by atoms with Gasteiger partial charge in [0.2, 0.25) is 0 Å². The van der Waals surface area contributed by atoms with Crippen LogP contribution in [0.3, 0.4) is 0 Å². The largest absolute Gasteiger partial charge is 0.492 e. The Morgan fingerprint density at radius 3 is 2.68 bits per heavy atom. The SMILES string of the molecule is C=CCNC(=NCCn1cnnc1CC)N1CCN(CCOc2ccccc2)CC1.I. The van der Waals surface area contributed by atoms with Crippen LogP contribution in [0.15, 0.2) is 54.3 Å². The highest BCUT2D eigenvalue weighted by Gasteiger charge is 2.19. The van der Waals surface area contributed by atoms with Crippen molar-refractivity contribution in [1.82, 2.24) is 29.9 Å². The highest BCUT2D eigenvalue weighted by molar-refractivity contribution is 14.0. The molecule has 1 aliphatic rings. The number of benzene rings is 1. The molecule has 2 heterocycles. The molecule has 3 rings (SSSR count). The lowest BCUT2D eigenvalue weighted by Crippen LogP contribution is -2.53. The predicted octanol–water partition coefficient (Wildman–Crippen LogP) is 2.29. The van der Waals surface area contributed by atoms with E-state index in [2.05, 4.69) is 43.4 Å². The van der Waals surface area contributed by atoms with Crippen LogP contribution in [0.1, 0.15) is 12.7 Å². The van der Waals surface area contributed by atoms with Gasteiger partial charge in [0.05, 0.1) is 6.54 Å². The topological polar surface area (TPSA) is 70.8 Å². The first-order chi connectivity index (χ1) is 14.8. The second kappa shape index (κ2) is 14.0. The van der Waals surface area contributed by atoms with Crippen molar-refractivity contribution in [2.75, 3.05) is 52.4 Å². The van der Waals surface area contributed by atoms with E-state index in [0.29, 0.717) is 19.7 Å². The Balaban J connectivity index is 0.00000341. The van der Waals surface area contributed by atoms with E-state index in [-0.39, 0.29) is 24.0 Å². The van der Waals surface area contributed by atoms with Gasteiger partial charge in [0, 0.05) is 52.2 Å². The molecular weight excluding hydrogens is 505 g/mol. The zero-order valence-corrected chi connectivity index (χ0v) is 20.6. The van der Waals surface area contributed by atoms with E-state index in [1.165, 1.54) is 0 Å². The third-order valence-corrected chi connectivity index (χ3v) is 5.11. The summed E-state index contributed by atoms with van der Waals surface area (Å²) in [6.45, 7) is 13.6. The zero-order valence-electron chi connectivity index (χ0n) is 18.3. The Morgan fingerprint density at radius 2 is 1.97 bits per heavy atom. The summed E-state index contributed by atoms with van der Waals surface area (Å²) in [6.07, 6.45) is 4.52. The van der Waals surface area contributed by atoms with Gasteiger partial charge in [-0.15, -0.1) is 40.8 Å². The van der Waals surface area contributed by atoms with Gasteiger partial charge in [-0.1, -0.05) is 31.2 Å². The molecule has 0 aliphatic carbocycles. The molecule has 0 bridgehead atoms. The van der Waals surface area contributed by atoms with Crippen LogP contribution in [0.4, 0.5) is 0 Å². The van der Waals surface area contributed by atoms with Crippen LogP contribution >= 0.6 is 24.0 Å². The quantitative estimate of drug-likeness (QED) is 0.216. The number of hydrogen-bond acceptors (Lipinski definition) is 5. The fraction of sp³-hybridized carbons (Fsp3) is 0.500. The number of halogens is 1. The number of para-hydroxylation sites is 1. The van der Waals surface area contributed by atoms with Crippen LogP contribution in [0, 0.1) is 0 Å². The minimum Gasteiger partial charge on any atom is -0.492 e. The number of aromatic nitrogens is 3. The van der Waals surface area contributed by atoms with Gasteiger partial charge in [0.1, 0.15) is 24.5 Å². The second-order valence-corrected chi connectivity index (χ2v) is 7.16. The maximum Gasteiger partial charge on any atom is 0.194 e. The minimum absolute atomic E-state index is 0. The van der Waals surface area contributed by atoms with Gasteiger partial charge < -0.3 is 19.5 Å². The van der Waals surface area contributed by atoms with Crippen molar-refractivity contribution in [1.29, 1.82) is 0 Å². The van der Waals surface area contributed by atoms with Gasteiger partial charge in [-0.2, -0.15) is 0 Å². The van der Waals surface area contributed by atoms with Crippen LogP contribution in [-0.2, 0) is 13.0 Å². The molecule has 9 heteroatoms. The van der Waals surface area contributed by atoms with Gasteiger partial charge in [-0.25, -0.2) is 0 Å². The predicted molar refractivity (Wildman–Crippen MR) is 135 cm³/mol. The standard InChI is InChI=1S/C22H33N7O.HI/c1-3-10-23-22(24-11-12-29-19-25-26-21(29)4-2)28-15-13-27(14-16-28)17-18-30-20-8-6-5-7-9-20;/h3,5-9,19H,1,4,10-18H2,2H3,(H,23,24);1H. The molecule has 1 aliphatic heterocycles. The summed E-state index contributed by atoms with van der Waals surface area (Å²) in [5, 5.41) is 11.5. The number of hydrogen-bond donors (Lipinski definition) is 1. The van der Waals surface area contributed by atoms with Crippen molar-refractivity contribution in [2.45, 2.75) is 19.9 Å². The first kappa shape index (κ1) is 25.1. The molecule has 1 aromatic heterocycles. The smallest absolute Gasteiger partial charge is 0.194 e. The van der Waals surface area contributed by atoms with E-state index in [0.717, 1.165) is 63.2 Å². The number of guanidine groups is 1. The van der Waals surface area contributed by atoms with Gasteiger partial charge in [0.15, 0.2) is 5.96 Å². The zero-order chi connectivity index (χ0) is 21.0.